The number of ether oxygens (including phenoxy) is 1. The van der Waals surface area contributed by atoms with E-state index in [1.807, 2.05) is 0 Å². The number of hydrogen-bond donors (Lipinski definition) is 1. The van der Waals surface area contributed by atoms with Crippen LogP contribution in [0.1, 0.15) is 18.9 Å². The molecule has 8 heteroatoms. The van der Waals surface area contributed by atoms with E-state index in [0.29, 0.717) is 5.56 Å². The van der Waals surface area contributed by atoms with Crippen LogP contribution in [0.15, 0.2) is 22.6 Å². The van der Waals surface area contributed by atoms with Crippen molar-refractivity contribution in [3.63, 3.8) is 0 Å². The van der Waals surface area contributed by atoms with Gasteiger partial charge in [-0.2, -0.15) is 0 Å². The van der Waals surface area contributed by atoms with Gasteiger partial charge in [0.15, 0.2) is 0 Å². The van der Waals surface area contributed by atoms with Crippen molar-refractivity contribution in [2.24, 2.45) is 5.73 Å². The van der Waals surface area contributed by atoms with Crippen molar-refractivity contribution in [2.45, 2.75) is 13.0 Å². The quantitative estimate of drug-likeness (QED) is 0.659. The van der Waals surface area contributed by atoms with Crippen molar-refractivity contribution < 1.29 is 14.1 Å². The van der Waals surface area contributed by atoms with Crippen molar-refractivity contribution in [2.75, 3.05) is 7.11 Å². The number of aromatic nitrogens is 2. The number of non-ortho nitro benzene ring substituents is 1. The summed E-state index contributed by atoms with van der Waals surface area (Å²) in [5.41, 5.74) is 6.03. The Morgan fingerprint density at radius 1 is 1.47 bits per heavy atom. The maximum absolute atomic E-state index is 10.7. The zero-order valence-corrected chi connectivity index (χ0v) is 10.4. The highest BCUT2D eigenvalue weighted by Crippen LogP contribution is 2.32. The monoisotopic (exact) mass is 264 g/mol. The molecule has 8 nitrogen and oxygen atoms in total. The van der Waals surface area contributed by atoms with E-state index in [9.17, 15) is 10.1 Å². The van der Waals surface area contributed by atoms with E-state index in [1.165, 1.54) is 25.3 Å². The molecular weight excluding hydrogens is 252 g/mol. The Hall–Kier alpha value is -2.48. The SMILES string of the molecule is COc1cc([N+](=O)[O-])ccc1-c1nnc(C(C)N)o1. The standard InChI is InChI=1S/C11H12N4O4/c1-6(12)10-13-14-11(19-10)8-4-3-7(15(16)17)5-9(8)18-2/h3-6H,12H2,1-2H3. The molecular formula is C11H12N4O4. The molecule has 0 radical (unpaired) electrons. The summed E-state index contributed by atoms with van der Waals surface area (Å²) in [7, 11) is 1.41. The molecule has 0 saturated heterocycles. The summed E-state index contributed by atoms with van der Waals surface area (Å²) in [6.45, 7) is 1.71. The first-order valence-corrected chi connectivity index (χ1v) is 5.44. The second-order valence-corrected chi connectivity index (χ2v) is 3.88. The van der Waals surface area contributed by atoms with E-state index < -0.39 is 4.92 Å². The lowest BCUT2D eigenvalue weighted by molar-refractivity contribution is -0.384. The summed E-state index contributed by atoms with van der Waals surface area (Å²) in [4.78, 5) is 10.2. The lowest BCUT2D eigenvalue weighted by Crippen LogP contribution is -2.04. The molecule has 1 aromatic carbocycles. The van der Waals surface area contributed by atoms with Gasteiger partial charge >= 0.3 is 0 Å². The molecule has 0 amide bonds. The first kappa shape index (κ1) is 13.0. The Kier molecular flexibility index (Phi) is 3.43. The zero-order chi connectivity index (χ0) is 14.0. The second-order valence-electron chi connectivity index (χ2n) is 3.88. The highest BCUT2D eigenvalue weighted by molar-refractivity contribution is 5.65. The summed E-state index contributed by atoms with van der Waals surface area (Å²) >= 11 is 0. The first-order valence-electron chi connectivity index (χ1n) is 5.44. The van der Waals surface area contributed by atoms with Crippen LogP contribution in [0.4, 0.5) is 5.69 Å². The van der Waals surface area contributed by atoms with Gasteiger partial charge in [0.25, 0.3) is 11.6 Å². The van der Waals surface area contributed by atoms with Crippen LogP contribution in [0, 0.1) is 10.1 Å². The third-order valence-corrected chi connectivity index (χ3v) is 2.46. The van der Waals surface area contributed by atoms with E-state index >= 15 is 0 Å². The largest absolute Gasteiger partial charge is 0.496 e. The van der Waals surface area contributed by atoms with E-state index in [2.05, 4.69) is 10.2 Å². The molecule has 2 aromatic rings. The highest BCUT2D eigenvalue weighted by Gasteiger charge is 2.18. The van der Waals surface area contributed by atoms with Gasteiger partial charge < -0.3 is 14.9 Å². The molecule has 19 heavy (non-hydrogen) atoms. The van der Waals surface area contributed by atoms with Crippen LogP contribution in [0.3, 0.4) is 0 Å². The third kappa shape index (κ3) is 2.52. The van der Waals surface area contributed by atoms with Crippen LogP contribution in [0.25, 0.3) is 11.5 Å². The van der Waals surface area contributed by atoms with E-state index in [4.69, 9.17) is 14.9 Å². The number of methoxy groups -OCH3 is 1. The smallest absolute Gasteiger partial charge is 0.273 e. The topological polar surface area (TPSA) is 117 Å². The van der Waals surface area contributed by atoms with Crippen LogP contribution < -0.4 is 10.5 Å². The second kappa shape index (κ2) is 5.02. The molecule has 2 rings (SSSR count). The minimum absolute atomic E-state index is 0.0764. The third-order valence-electron chi connectivity index (χ3n) is 2.46. The Morgan fingerprint density at radius 2 is 2.21 bits per heavy atom. The van der Waals surface area contributed by atoms with Crippen molar-refractivity contribution in [3.8, 4) is 17.2 Å². The highest BCUT2D eigenvalue weighted by atomic mass is 16.6. The fourth-order valence-corrected chi connectivity index (χ4v) is 1.50. The normalized spacial score (nSPS) is 12.2. The number of nitro groups is 1. The van der Waals surface area contributed by atoms with Gasteiger partial charge in [0.1, 0.15) is 5.75 Å². The van der Waals surface area contributed by atoms with Gasteiger partial charge in [0, 0.05) is 6.07 Å². The van der Waals surface area contributed by atoms with Crippen LogP contribution in [0.5, 0.6) is 5.75 Å². The van der Waals surface area contributed by atoms with Crippen molar-refractivity contribution in [1.82, 2.24) is 10.2 Å². The Balaban J connectivity index is 2.46. The van der Waals surface area contributed by atoms with Gasteiger partial charge in [-0.1, -0.05) is 0 Å². The Morgan fingerprint density at radius 3 is 2.74 bits per heavy atom. The number of nitro benzene ring substituents is 1. The maximum atomic E-state index is 10.7. The lowest BCUT2D eigenvalue weighted by Gasteiger charge is -2.04. The molecule has 0 saturated carbocycles. The number of benzene rings is 1. The van der Waals surface area contributed by atoms with Crippen LogP contribution in [0.2, 0.25) is 0 Å². The molecule has 1 aromatic heterocycles. The number of hydrogen-bond acceptors (Lipinski definition) is 7. The zero-order valence-electron chi connectivity index (χ0n) is 10.4. The number of rotatable bonds is 4. The molecule has 2 N–H and O–H groups in total. The average molecular weight is 264 g/mol. The van der Waals surface area contributed by atoms with Crippen molar-refractivity contribution >= 4 is 5.69 Å². The van der Waals surface area contributed by atoms with Gasteiger partial charge in [-0.25, -0.2) is 0 Å². The Bertz CT molecular complexity index is 608. The Labute approximate surface area is 108 Å². The molecule has 0 fully saturated rings. The molecule has 0 aliphatic rings. The van der Waals surface area contributed by atoms with Gasteiger partial charge in [-0.3, -0.25) is 10.1 Å². The van der Waals surface area contributed by atoms with Gasteiger partial charge in [-0.15, -0.1) is 10.2 Å². The summed E-state index contributed by atoms with van der Waals surface area (Å²) in [6.07, 6.45) is 0. The van der Waals surface area contributed by atoms with Crippen LogP contribution in [-0.4, -0.2) is 22.2 Å². The molecule has 0 aliphatic carbocycles. The van der Waals surface area contributed by atoms with Gasteiger partial charge in [0.2, 0.25) is 5.89 Å². The van der Waals surface area contributed by atoms with Crippen molar-refractivity contribution in [1.29, 1.82) is 0 Å². The molecule has 100 valence electrons. The predicted molar refractivity (Wildman–Crippen MR) is 65.5 cm³/mol. The summed E-state index contributed by atoms with van der Waals surface area (Å²) in [6, 6.07) is 3.75. The van der Waals surface area contributed by atoms with Gasteiger partial charge in [-0.05, 0) is 13.0 Å². The summed E-state index contributed by atoms with van der Waals surface area (Å²) in [5.74, 6) is 0.781. The fourth-order valence-electron chi connectivity index (χ4n) is 1.50. The van der Waals surface area contributed by atoms with Crippen LogP contribution >= 0.6 is 0 Å². The molecule has 0 bridgehead atoms. The number of nitrogens with two attached hydrogens (primary N) is 1. The number of nitrogens with zero attached hydrogens (tertiary/aromatic N) is 3. The fraction of sp³-hybridized carbons (Fsp3) is 0.273. The minimum Gasteiger partial charge on any atom is -0.496 e. The summed E-state index contributed by atoms with van der Waals surface area (Å²) in [5, 5.41) is 18.3. The van der Waals surface area contributed by atoms with E-state index in [0.717, 1.165) is 0 Å². The molecule has 1 heterocycles. The average Bonchev–Trinajstić information content (AvgIpc) is 2.87. The minimum atomic E-state index is -0.506. The van der Waals surface area contributed by atoms with Crippen LogP contribution in [-0.2, 0) is 0 Å². The van der Waals surface area contributed by atoms with E-state index in [1.54, 1.807) is 6.92 Å². The van der Waals surface area contributed by atoms with E-state index in [-0.39, 0.29) is 29.3 Å². The lowest BCUT2D eigenvalue weighted by atomic mass is 10.2. The molecule has 1 atom stereocenters. The first-order chi connectivity index (χ1) is 9.02. The van der Waals surface area contributed by atoms with Gasteiger partial charge in [0.05, 0.1) is 29.7 Å². The maximum Gasteiger partial charge on any atom is 0.273 e. The summed E-state index contributed by atoms with van der Waals surface area (Å²) < 4.78 is 10.5. The van der Waals surface area contributed by atoms with Crippen molar-refractivity contribution in [3.05, 3.63) is 34.2 Å². The molecule has 1 unspecified atom stereocenters. The molecule has 0 spiro atoms. The predicted octanol–water partition coefficient (Wildman–Crippen LogP) is 1.67. The molecule has 0 aliphatic heterocycles.